The standard InChI is InChI=1S/C36H29NO2/c1-2-39-35(38)24-19-26-17-20-27(21-18-26)28-22-23-34-32(25-28)36(29-11-5-3-6-12-29,30-13-7-4-8-14-30)31-15-9-10-16-33(31)37-34/h3-25,37H,2H2,1H3/b24-19+. The van der Waals surface area contributed by atoms with Gasteiger partial charge >= 0.3 is 5.97 Å². The zero-order valence-electron chi connectivity index (χ0n) is 21.8. The summed E-state index contributed by atoms with van der Waals surface area (Å²) in [7, 11) is 0. The van der Waals surface area contributed by atoms with Crippen molar-refractivity contribution in [2.24, 2.45) is 0 Å². The van der Waals surface area contributed by atoms with Gasteiger partial charge in [0.2, 0.25) is 0 Å². The molecule has 5 aromatic rings. The lowest BCUT2D eigenvalue weighted by Crippen LogP contribution is -2.35. The van der Waals surface area contributed by atoms with Gasteiger partial charge in [-0.25, -0.2) is 4.79 Å². The Labute approximate surface area is 229 Å². The average Bonchev–Trinajstić information content (AvgIpc) is 3.00. The molecule has 1 heterocycles. The van der Waals surface area contributed by atoms with Gasteiger partial charge in [0.05, 0.1) is 12.0 Å². The summed E-state index contributed by atoms with van der Waals surface area (Å²) in [6.07, 6.45) is 3.25. The summed E-state index contributed by atoms with van der Waals surface area (Å²) in [6, 6.07) is 45.1. The fourth-order valence-corrected chi connectivity index (χ4v) is 5.66. The minimum absolute atomic E-state index is 0.331. The molecule has 1 aliphatic heterocycles. The van der Waals surface area contributed by atoms with Gasteiger partial charge in [-0.15, -0.1) is 0 Å². The Morgan fingerprint density at radius 1 is 0.692 bits per heavy atom. The van der Waals surface area contributed by atoms with Crippen molar-refractivity contribution in [1.29, 1.82) is 0 Å². The Morgan fingerprint density at radius 2 is 1.28 bits per heavy atom. The molecule has 190 valence electrons. The van der Waals surface area contributed by atoms with E-state index in [0.29, 0.717) is 6.61 Å². The number of fused-ring (bicyclic) bond motifs is 2. The molecule has 0 saturated heterocycles. The van der Waals surface area contributed by atoms with Crippen LogP contribution in [0.4, 0.5) is 11.4 Å². The number of rotatable bonds is 6. The highest BCUT2D eigenvalue weighted by atomic mass is 16.5. The first kappa shape index (κ1) is 24.4. The predicted molar refractivity (Wildman–Crippen MR) is 159 cm³/mol. The molecule has 0 unspecified atom stereocenters. The van der Waals surface area contributed by atoms with Crippen LogP contribution in [0.1, 0.15) is 34.7 Å². The van der Waals surface area contributed by atoms with Crippen LogP contribution in [0.15, 0.2) is 133 Å². The molecule has 0 radical (unpaired) electrons. The van der Waals surface area contributed by atoms with Crippen LogP contribution in [0.5, 0.6) is 0 Å². The SMILES string of the molecule is CCOC(=O)/C=C/c1ccc(-c2ccc3c(c2)C(c2ccccc2)(c2ccccc2)c2ccccc2N3)cc1. The van der Waals surface area contributed by atoms with Crippen molar-refractivity contribution in [3.8, 4) is 11.1 Å². The number of nitrogens with one attached hydrogen (secondary N) is 1. The fourth-order valence-electron chi connectivity index (χ4n) is 5.66. The third kappa shape index (κ3) is 4.42. The molecule has 0 atom stereocenters. The number of carbonyl (C=O) groups is 1. The van der Waals surface area contributed by atoms with Crippen LogP contribution < -0.4 is 5.32 Å². The minimum Gasteiger partial charge on any atom is -0.463 e. The number of ether oxygens (including phenoxy) is 1. The molecular weight excluding hydrogens is 478 g/mol. The summed E-state index contributed by atoms with van der Waals surface area (Å²) < 4.78 is 5.00. The Balaban J connectivity index is 1.52. The zero-order valence-corrected chi connectivity index (χ0v) is 21.8. The average molecular weight is 508 g/mol. The van der Waals surface area contributed by atoms with Crippen molar-refractivity contribution in [2.45, 2.75) is 12.3 Å². The second-order valence-electron chi connectivity index (χ2n) is 9.62. The number of carbonyl (C=O) groups excluding carboxylic acids is 1. The molecule has 0 aromatic heterocycles. The summed E-state index contributed by atoms with van der Waals surface area (Å²) in [4.78, 5) is 11.7. The van der Waals surface area contributed by atoms with Crippen molar-refractivity contribution in [1.82, 2.24) is 0 Å². The maximum Gasteiger partial charge on any atom is 0.330 e. The lowest BCUT2D eigenvalue weighted by Gasteiger charge is -2.42. The van der Waals surface area contributed by atoms with Gasteiger partial charge < -0.3 is 10.1 Å². The van der Waals surface area contributed by atoms with Crippen LogP contribution in [0.25, 0.3) is 17.2 Å². The molecular formula is C36H29NO2. The summed E-state index contributed by atoms with van der Waals surface area (Å²) in [6.45, 7) is 2.17. The molecule has 0 spiro atoms. The largest absolute Gasteiger partial charge is 0.463 e. The monoisotopic (exact) mass is 507 g/mol. The van der Waals surface area contributed by atoms with Crippen molar-refractivity contribution in [3.63, 3.8) is 0 Å². The van der Waals surface area contributed by atoms with E-state index in [0.717, 1.165) is 28.1 Å². The van der Waals surface area contributed by atoms with E-state index in [2.05, 4.69) is 121 Å². The maximum atomic E-state index is 11.7. The lowest BCUT2D eigenvalue weighted by atomic mass is 9.62. The van der Waals surface area contributed by atoms with Crippen LogP contribution in [0.3, 0.4) is 0 Å². The van der Waals surface area contributed by atoms with E-state index in [1.54, 1.807) is 13.0 Å². The summed E-state index contributed by atoms with van der Waals surface area (Å²) in [5.74, 6) is -0.331. The number of para-hydroxylation sites is 1. The second kappa shape index (κ2) is 10.5. The second-order valence-corrected chi connectivity index (χ2v) is 9.62. The molecule has 1 N–H and O–H groups in total. The van der Waals surface area contributed by atoms with Gasteiger partial charge in [-0.2, -0.15) is 0 Å². The number of hydrogen-bond acceptors (Lipinski definition) is 3. The molecule has 0 aliphatic carbocycles. The molecule has 6 rings (SSSR count). The summed E-state index contributed by atoms with van der Waals surface area (Å²) >= 11 is 0. The first-order valence-corrected chi connectivity index (χ1v) is 13.3. The van der Waals surface area contributed by atoms with Crippen molar-refractivity contribution in [3.05, 3.63) is 161 Å². The van der Waals surface area contributed by atoms with E-state index in [1.165, 1.54) is 28.3 Å². The van der Waals surface area contributed by atoms with Gasteiger partial charge in [0.15, 0.2) is 0 Å². The molecule has 39 heavy (non-hydrogen) atoms. The van der Waals surface area contributed by atoms with E-state index < -0.39 is 5.41 Å². The van der Waals surface area contributed by atoms with Crippen LogP contribution in [-0.4, -0.2) is 12.6 Å². The van der Waals surface area contributed by atoms with Crippen LogP contribution in [-0.2, 0) is 14.9 Å². The first-order chi connectivity index (χ1) is 19.2. The number of benzene rings is 5. The Hall–Kier alpha value is -4.89. The highest BCUT2D eigenvalue weighted by Crippen LogP contribution is 2.54. The molecule has 3 heteroatoms. The Kier molecular flexibility index (Phi) is 6.56. The van der Waals surface area contributed by atoms with Gasteiger partial charge in [0, 0.05) is 17.5 Å². The molecule has 1 aliphatic rings. The molecule has 0 bridgehead atoms. The van der Waals surface area contributed by atoms with Crippen LogP contribution in [0, 0.1) is 0 Å². The molecule has 0 fully saturated rings. The van der Waals surface area contributed by atoms with E-state index in [9.17, 15) is 4.79 Å². The third-order valence-corrected chi connectivity index (χ3v) is 7.38. The van der Waals surface area contributed by atoms with Crippen LogP contribution in [0.2, 0.25) is 0 Å². The van der Waals surface area contributed by atoms with Crippen LogP contribution >= 0.6 is 0 Å². The number of hydrogen-bond donors (Lipinski definition) is 1. The molecule has 3 nitrogen and oxygen atoms in total. The number of anilines is 2. The maximum absolute atomic E-state index is 11.7. The van der Waals surface area contributed by atoms with Crippen molar-refractivity contribution in [2.75, 3.05) is 11.9 Å². The topological polar surface area (TPSA) is 38.3 Å². The normalized spacial score (nSPS) is 13.3. The lowest BCUT2D eigenvalue weighted by molar-refractivity contribution is -0.137. The van der Waals surface area contributed by atoms with Crippen molar-refractivity contribution < 1.29 is 9.53 Å². The quantitative estimate of drug-likeness (QED) is 0.182. The van der Waals surface area contributed by atoms with Gasteiger partial charge in [-0.3, -0.25) is 0 Å². The smallest absolute Gasteiger partial charge is 0.330 e. The van der Waals surface area contributed by atoms with E-state index in [1.807, 2.05) is 12.1 Å². The minimum atomic E-state index is -0.488. The zero-order chi connectivity index (χ0) is 26.7. The Bertz CT molecular complexity index is 1600. The summed E-state index contributed by atoms with van der Waals surface area (Å²) in [5.41, 5.74) is 9.80. The van der Waals surface area contributed by atoms with Gasteiger partial charge in [-0.1, -0.05) is 109 Å². The van der Waals surface area contributed by atoms with E-state index in [-0.39, 0.29) is 5.97 Å². The highest BCUT2D eigenvalue weighted by molar-refractivity contribution is 5.87. The van der Waals surface area contributed by atoms with Gasteiger partial charge in [0.1, 0.15) is 0 Å². The Morgan fingerprint density at radius 3 is 1.95 bits per heavy atom. The van der Waals surface area contributed by atoms with Gasteiger partial charge in [-0.05, 0) is 70.1 Å². The number of esters is 1. The molecule has 0 saturated carbocycles. The van der Waals surface area contributed by atoms with E-state index >= 15 is 0 Å². The molecule has 5 aromatic carbocycles. The van der Waals surface area contributed by atoms with E-state index in [4.69, 9.17) is 4.74 Å². The third-order valence-electron chi connectivity index (χ3n) is 7.38. The van der Waals surface area contributed by atoms with Gasteiger partial charge in [0.25, 0.3) is 0 Å². The summed E-state index contributed by atoms with van der Waals surface area (Å²) in [5, 5.41) is 3.71. The fraction of sp³-hybridized carbons (Fsp3) is 0.0833. The highest BCUT2D eigenvalue weighted by Gasteiger charge is 2.44. The first-order valence-electron chi connectivity index (χ1n) is 13.3. The van der Waals surface area contributed by atoms with Crippen molar-refractivity contribution >= 4 is 23.4 Å². The molecule has 0 amide bonds. The predicted octanol–water partition coefficient (Wildman–Crippen LogP) is 8.37.